The maximum Gasteiger partial charge on any atom is 0.307 e. The van der Waals surface area contributed by atoms with Gasteiger partial charge in [0.25, 0.3) is 0 Å². The van der Waals surface area contributed by atoms with Crippen molar-refractivity contribution in [1.82, 2.24) is 0 Å². The smallest absolute Gasteiger partial charge is 0.307 e. The number of carboxylic acids is 1. The Balaban J connectivity index is 1.94. The number of carbonyl (C=O) groups is 3. The van der Waals surface area contributed by atoms with Gasteiger partial charge in [0.1, 0.15) is 5.82 Å². The molecule has 2 N–H and O–H groups in total. The largest absolute Gasteiger partial charge is 0.481 e. The van der Waals surface area contributed by atoms with Crippen LogP contribution in [0.1, 0.15) is 39.9 Å². The van der Waals surface area contributed by atoms with Crippen LogP contribution in [0.3, 0.4) is 0 Å². The van der Waals surface area contributed by atoms with Gasteiger partial charge in [0, 0.05) is 24.1 Å². The van der Waals surface area contributed by atoms with E-state index in [0.29, 0.717) is 5.56 Å². The monoisotopic (exact) mass is 357 g/mol. The molecule has 136 valence electrons. The molecule has 0 aliphatic heterocycles. The molecule has 0 atom stereocenters. The lowest BCUT2D eigenvalue weighted by molar-refractivity contribution is -0.136. The highest BCUT2D eigenvalue weighted by molar-refractivity contribution is 6.01. The number of aliphatic carboxylic acids is 1. The van der Waals surface area contributed by atoms with Gasteiger partial charge in [-0.05, 0) is 43.2 Å². The molecule has 2 aromatic rings. The number of Topliss-reactive ketones (excluding diaryl/α,β-unsaturated/α-hetero) is 1. The third-order valence-corrected chi connectivity index (χ3v) is 3.95. The molecule has 0 aliphatic carbocycles. The van der Waals surface area contributed by atoms with Crippen LogP contribution in [0.25, 0.3) is 0 Å². The molecule has 0 heterocycles. The lowest BCUT2D eigenvalue weighted by Gasteiger charge is -2.08. The number of carboxylic acid groups (broad SMARTS) is 1. The van der Waals surface area contributed by atoms with Crippen molar-refractivity contribution in [3.63, 3.8) is 0 Å². The van der Waals surface area contributed by atoms with Crippen LogP contribution in [0.15, 0.2) is 36.4 Å². The van der Waals surface area contributed by atoms with Gasteiger partial charge in [0.15, 0.2) is 5.78 Å². The molecule has 0 aromatic heterocycles. The van der Waals surface area contributed by atoms with E-state index in [4.69, 9.17) is 5.11 Å². The first-order chi connectivity index (χ1) is 12.3. The molecule has 0 radical (unpaired) electrons. The molecule has 0 saturated heterocycles. The van der Waals surface area contributed by atoms with Crippen molar-refractivity contribution >= 4 is 23.3 Å². The summed E-state index contributed by atoms with van der Waals surface area (Å²) < 4.78 is 13.8. The third kappa shape index (κ3) is 5.24. The summed E-state index contributed by atoms with van der Waals surface area (Å²) in [5.41, 5.74) is 2.70. The molecule has 0 aliphatic rings. The fourth-order valence-corrected chi connectivity index (χ4v) is 2.55. The van der Waals surface area contributed by atoms with Gasteiger partial charge < -0.3 is 10.4 Å². The molecule has 1 amide bonds. The van der Waals surface area contributed by atoms with Crippen LogP contribution in [0, 0.1) is 19.7 Å². The Morgan fingerprint density at radius 3 is 2.42 bits per heavy atom. The predicted octanol–water partition coefficient (Wildman–Crippen LogP) is 3.67. The zero-order valence-corrected chi connectivity index (χ0v) is 14.6. The summed E-state index contributed by atoms with van der Waals surface area (Å²) in [5.74, 6) is -2.36. The van der Waals surface area contributed by atoms with E-state index in [1.54, 1.807) is 6.07 Å². The van der Waals surface area contributed by atoms with E-state index in [9.17, 15) is 18.8 Å². The highest BCUT2D eigenvalue weighted by Gasteiger charge is 2.13. The second-order valence-electron chi connectivity index (χ2n) is 6.17. The summed E-state index contributed by atoms with van der Waals surface area (Å²) in [4.78, 5) is 34.9. The minimum Gasteiger partial charge on any atom is -0.481 e. The molecule has 0 fully saturated rings. The van der Waals surface area contributed by atoms with E-state index in [0.717, 1.165) is 17.2 Å². The summed E-state index contributed by atoms with van der Waals surface area (Å²) in [6.45, 7) is 3.74. The van der Waals surface area contributed by atoms with E-state index in [1.165, 1.54) is 12.1 Å². The molecule has 5 nitrogen and oxygen atoms in total. The fourth-order valence-electron chi connectivity index (χ4n) is 2.55. The molecule has 2 rings (SSSR count). The lowest BCUT2D eigenvalue weighted by atomic mass is 9.99. The van der Waals surface area contributed by atoms with Crippen LogP contribution >= 0.6 is 0 Å². The van der Waals surface area contributed by atoms with Crippen molar-refractivity contribution in [3.05, 3.63) is 64.5 Å². The first kappa shape index (κ1) is 19.3. The van der Waals surface area contributed by atoms with Crippen LogP contribution < -0.4 is 5.32 Å². The average Bonchev–Trinajstić information content (AvgIpc) is 2.57. The molecule has 0 unspecified atom stereocenters. The van der Waals surface area contributed by atoms with Gasteiger partial charge >= 0.3 is 5.97 Å². The zero-order valence-electron chi connectivity index (χ0n) is 14.6. The number of hydrogen-bond acceptors (Lipinski definition) is 3. The van der Waals surface area contributed by atoms with Gasteiger partial charge in [-0.1, -0.05) is 23.8 Å². The molecule has 26 heavy (non-hydrogen) atoms. The van der Waals surface area contributed by atoms with Crippen molar-refractivity contribution in [1.29, 1.82) is 0 Å². The number of aryl methyl sites for hydroxylation is 2. The van der Waals surface area contributed by atoms with Crippen molar-refractivity contribution in [3.8, 4) is 0 Å². The van der Waals surface area contributed by atoms with Crippen molar-refractivity contribution < 1.29 is 23.9 Å². The van der Waals surface area contributed by atoms with E-state index >= 15 is 0 Å². The van der Waals surface area contributed by atoms with E-state index < -0.39 is 24.1 Å². The van der Waals surface area contributed by atoms with Gasteiger partial charge in [-0.3, -0.25) is 14.4 Å². The number of nitrogens with one attached hydrogen (secondary N) is 1. The third-order valence-electron chi connectivity index (χ3n) is 3.95. The number of rotatable bonds is 7. The number of anilines is 1. The maximum atomic E-state index is 13.8. The minimum absolute atomic E-state index is 0.0231. The second kappa shape index (κ2) is 8.38. The summed E-state index contributed by atoms with van der Waals surface area (Å²) in [5, 5.41) is 11.2. The van der Waals surface area contributed by atoms with Crippen LogP contribution in [0.5, 0.6) is 0 Å². The Labute approximate surface area is 150 Å². The topological polar surface area (TPSA) is 83.5 Å². The Kier molecular flexibility index (Phi) is 6.22. The highest BCUT2D eigenvalue weighted by atomic mass is 19.1. The normalized spacial score (nSPS) is 10.4. The quantitative estimate of drug-likeness (QED) is 0.741. The molecule has 6 heteroatoms. The Hall–Kier alpha value is -3.02. The number of carbonyl (C=O) groups excluding carboxylic acids is 2. The Morgan fingerprint density at radius 2 is 1.77 bits per heavy atom. The lowest BCUT2D eigenvalue weighted by Crippen LogP contribution is -2.14. The van der Waals surface area contributed by atoms with Crippen LogP contribution in [-0.2, 0) is 16.0 Å². The zero-order chi connectivity index (χ0) is 19.3. The van der Waals surface area contributed by atoms with Crippen molar-refractivity contribution in [2.45, 2.75) is 33.1 Å². The molecule has 0 bridgehead atoms. The molecule has 0 saturated carbocycles. The number of benzene rings is 2. The van der Waals surface area contributed by atoms with Gasteiger partial charge in [0.05, 0.1) is 6.42 Å². The Bertz CT molecular complexity index is 861. The van der Waals surface area contributed by atoms with Gasteiger partial charge in [0.2, 0.25) is 5.91 Å². The van der Waals surface area contributed by atoms with E-state index in [2.05, 4.69) is 5.32 Å². The molecular formula is C20H20FNO4. The SMILES string of the molecule is Cc1ccc(C)c(C(=O)CCC(=O)Nc2ccc(CC(=O)O)c(F)c2)c1. The molecule has 2 aromatic carbocycles. The number of hydrogen-bond donors (Lipinski definition) is 2. The number of halogens is 1. The van der Waals surface area contributed by atoms with Crippen LogP contribution in [-0.4, -0.2) is 22.8 Å². The summed E-state index contributed by atoms with van der Waals surface area (Å²) in [6.07, 6.45) is -0.398. The second-order valence-corrected chi connectivity index (χ2v) is 6.17. The molecular weight excluding hydrogens is 337 g/mol. The molecule has 0 spiro atoms. The summed E-state index contributed by atoms with van der Waals surface area (Å²) >= 11 is 0. The van der Waals surface area contributed by atoms with Crippen molar-refractivity contribution in [2.24, 2.45) is 0 Å². The summed E-state index contributed by atoms with van der Waals surface area (Å²) in [6, 6.07) is 9.41. The van der Waals surface area contributed by atoms with Gasteiger partial charge in [-0.25, -0.2) is 4.39 Å². The number of ketones is 1. The standard InChI is InChI=1S/C20H20FNO4/c1-12-3-4-13(2)16(9-12)18(23)7-8-19(24)22-15-6-5-14(10-20(25)26)17(21)11-15/h3-6,9,11H,7-8,10H2,1-2H3,(H,22,24)(H,25,26). The number of amides is 1. The summed E-state index contributed by atoms with van der Waals surface area (Å²) in [7, 11) is 0. The van der Waals surface area contributed by atoms with Crippen molar-refractivity contribution in [2.75, 3.05) is 5.32 Å². The van der Waals surface area contributed by atoms with Gasteiger partial charge in [-0.2, -0.15) is 0 Å². The minimum atomic E-state index is -1.13. The van der Waals surface area contributed by atoms with Crippen LogP contribution in [0.2, 0.25) is 0 Å². The maximum absolute atomic E-state index is 13.8. The average molecular weight is 357 g/mol. The van der Waals surface area contributed by atoms with Gasteiger partial charge in [-0.15, -0.1) is 0 Å². The highest BCUT2D eigenvalue weighted by Crippen LogP contribution is 2.17. The Morgan fingerprint density at radius 1 is 1.04 bits per heavy atom. The van der Waals surface area contributed by atoms with E-state index in [1.807, 2.05) is 26.0 Å². The fraction of sp³-hybridized carbons (Fsp3) is 0.250. The predicted molar refractivity (Wildman–Crippen MR) is 95.9 cm³/mol. The van der Waals surface area contributed by atoms with E-state index in [-0.39, 0.29) is 29.9 Å². The first-order valence-corrected chi connectivity index (χ1v) is 8.17. The van der Waals surface area contributed by atoms with Crippen LogP contribution in [0.4, 0.5) is 10.1 Å². The first-order valence-electron chi connectivity index (χ1n) is 8.17.